The van der Waals surface area contributed by atoms with E-state index >= 15 is 0 Å². The predicted octanol–water partition coefficient (Wildman–Crippen LogP) is 2.96. The molecule has 1 aromatic carbocycles. The van der Waals surface area contributed by atoms with Gasteiger partial charge in [-0.3, -0.25) is 4.79 Å². The van der Waals surface area contributed by atoms with E-state index < -0.39 is 0 Å². The summed E-state index contributed by atoms with van der Waals surface area (Å²) >= 11 is 0. The van der Waals surface area contributed by atoms with Crippen molar-refractivity contribution in [2.24, 2.45) is 5.92 Å². The van der Waals surface area contributed by atoms with Crippen LogP contribution in [0.4, 0.5) is 0 Å². The van der Waals surface area contributed by atoms with Crippen LogP contribution in [0.5, 0.6) is 11.5 Å². The lowest BCUT2D eigenvalue weighted by Crippen LogP contribution is -2.17. The molecule has 0 heterocycles. The first-order valence-corrected chi connectivity index (χ1v) is 5.44. The molecule has 1 atom stereocenters. The number of rotatable bonds is 4. The Bertz CT molecular complexity index is 371. The van der Waals surface area contributed by atoms with Gasteiger partial charge in [0.2, 0.25) is 0 Å². The first-order valence-electron chi connectivity index (χ1n) is 5.44. The zero-order valence-corrected chi connectivity index (χ0v) is 10.2. The molecule has 0 saturated carbocycles. The lowest BCUT2D eigenvalue weighted by Gasteiger charge is -2.12. The Morgan fingerprint density at radius 1 is 1.38 bits per heavy atom. The highest BCUT2D eigenvalue weighted by molar-refractivity contribution is 5.75. The fourth-order valence-corrected chi connectivity index (χ4v) is 1.23. The fraction of sp³-hybridized carbons (Fsp3) is 0.462. The number of carbonyl (C=O) groups is 1. The predicted molar refractivity (Wildman–Crippen MR) is 62.8 cm³/mol. The van der Waals surface area contributed by atoms with E-state index in [9.17, 15) is 4.79 Å². The zero-order valence-electron chi connectivity index (χ0n) is 10.2. The topological polar surface area (TPSA) is 35.5 Å². The van der Waals surface area contributed by atoms with Crippen molar-refractivity contribution >= 4 is 5.97 Å². The van der Waals surface area contributed by atoms with Gasteiger partial charge in [-0.2, -0.15) is 0 Å². The first-order chi connectivity index (χ1) is 7.58. The maximum atomic E-state index is 11.6. The van der Waals surface area contributed by atoms with Crippen LogP contribution >= 0.6 is 0 Å². The van der Waals surface area contributed by atoms with Gasteiger partial charge < -0.3 is 9.47 Å². The quantitative estimate of drug-likeness (QED) is 0.580. The minimum atomic E-state index is -0.218. The van der Waals surface area contributed by atoms with Crippen molar-refractivity contribution in [2.45, 2.75) is 27.2 Å². The fourth-order valence-electron chi connectivity index (χ4n) is 1.23. The third kappa shape index (κ3) is 2.99. The highest BCUT2D eigenvalue weighted by Gasteiger charge is 2.15. The Hall–Kier alpha value is -1.51. The standard InChI is InChI=1S/C13H18O3/c1-5-10(3)13(14)16-11-7-6-9(2)8-12(11)15-4/h6-8,10H,5H2,1-4H3. The molecule has 0 spiro atoms. The van der Waals surface area contributed by atoms with Crippen LogP contribution in [-0.2, 0) is 4.79 Å². The molecule has 0 bridgehead atoms. The monoisotopic (exact) mass is 222 g/mol. The molecule has 0 N–H and O–H groups in total. The molecule has 0 amide bonds. The molecule has 0 aromatic heterocycles. The Morgan fingerprint density at radius 3 is 2.62 bits per heavy atom. The van der Waals surface area contributed by atoms with E-state index in [1.165, 1.54) is 0 Å². The van der Waals surface area contributed by atoms with Crippen molar-refractivity contribution in [3.8, 4) is 11.5 Å². The summed E-state index contributed by atoms with van der Waals surface area (Å²) < 4.78 is 10.4. The lowest BCUT2D eigenvalue weighted by atomic mass is 10.1. The van der Waals surface area contributed by atoms with E-state index in [0.29, 0.717) is 11.5 Å². The van der Waals surface area contributed by atoms with E-state index in [4.69, 9.17) is 9.47 Å². The van der Waals surface area contributed by atoms with Crippen LogP contribution in [0.1, 0.15) is 25.8 Å². The molecular weight excluding hydrogens is 204 g/mol. The minimum Gasteiger partial charge on any atom is -0.493 e. The summed E-state index contributed by atoms with van der Waals surface area (Å²) in [4.78, 5) is 11.6. The van der Waals surface area contributed by atoms with E-state index in [0.717, 1.165) is 12.0 Å². The second-order valence-corrected chi connectivity index (χ2v) is 3.88. The molecule has 3 heteroatoms. The Kier molecular flexibility index (Phi) is 4.35. The molecule has 0 aliphatic rings. The average molecular weight is 222 g/mol. The molecule has 0 aliphatic heterocycles. The molecule has 0 aliphatic carbocycles. The van der Waals surface area contributed by atoms with Crippen molar-refractivity contribution < 1.29 is 14.3 Å². The number of carbonyl (C=O) groups excluding carboxylic acids is 1. The van der Waals surface area contributed by atoms with Crippen LogP contribution in [0.3, 0.4) is 0 Å². The number of ether oxygens (including phenoxy) is 2. The number of hydrogen-bond donors (Lipinski definition) is 0. The van der Waals surface area contributed by atoms with E-state index in [-0.39, 0.29) is 11.9 Å². The normalized spacial score (nSPS) is 12.0. The molecule has 0 saturated heterocycles. The van der Waals surface area contributed by atoms with Crippen LogP contribution in [0.2, 0.25) is 0 Å². The van der Waals surface area contributed by atoms with Crippen molar-refractivity contribution in [2.75, 3.05) is 7.11 Å². The number of hydrogen-bond acceptors (Lipinski definition) is 3. The summed E-state index contributed by atoms with van der Waals surface area (Å²) in [5.74, 6) is 0.769. The van der Waals surface area contributed by atoms with Gasteiger partial charge >= 0.3 is 5.97 Å². The molecule has 16 heavy (non-hydrogen) atoms. The molecule has 1 aromatic rings. The third-order valence-corrected chi connectivity index (χ3v) is 2.54. The van der Waals surface area contributed by atoms with Crippen LogP contribution in [0.15, 0.2) is 18.2 Å². The first kappa shape index (κ1) is 12.6. The summed E-state index contributed by atoms with van der Waals surface area (Å²) in [6, 6.07) is 5.50. The molecule has 0 radical (unpaired) electrons. The third-order valence-electron chi connectivity index (χ3n) is 2.54. The van der Waals surface area contributed by atoms with E-state index in [2.05, 4.69) is 0 Å². The van der Waals surface area contributed by atoms with Gasteiger partial charge in [-0.25, -0.2) is 0 Å². The van der Waals surface area contributed by atoms with Gasteiger partial charge in [0.15, 0.2) is 11.5 Å². The number of benzene rings is 1. The summed E-state index contributed by atoms with van der Waals surface area (Å²) in [5.41, 5.74) is 1.07. The van der Waals surface area contributed by atoms with Gasteiger partial charge in [-0.05, 0) is 31.0 Å². The van der Waals surface area contributed by atoms with Crippen molar-refractivity contribution in [1.29, 1.82) is 0 Å². The molecule has 88 valence electrons. The zero-order chi connectivity index (χ0) is 12.1. The van der Waals surface area contributed by atoms with Gasteiger partial charge in [0.1, 0.15) is 0 Å². The van der Waals surface area contributed by atoms with Crippen LogP contribution in [0, 0.1) is 12.8 Å². The molecule has 3 nitrogen and oxygen atoms in total. The van der Waals surface area contributed by atoms with Crippen LogP contribution < -0.4 is 9.47 Å². The van der Waals surface area contributed by atoms with Gasteiger partial charge in [-0.1, -0.05) is 19.9 Å². The van der Waals surface area contributed by atoms with Crippen LogP contribution in [-0.4, -0.2) is 13.1 Å². The highest BCUT2D eigenvalue weighted by atomic mass is 16.6. The largest absolute Gasteiger partial charge is 0.493 e. The maximum Gasteiger partial charge on any atom is 0.314 e. The molecule has 1 rings (SSSR count). The smallest absolute Gasteiger partial charge is 0.314 e. The van der Waals surface area contributed by atoms with Crippen molar-refractivity contribution in [3.05, 3.63) is 23.8 Å². The van der Waals surface area contributed by atoms with Crippen LogP contribution in [0.25, 0.3) is 0 Å². The Balaban J connectivity index is 2.84. The Morgan fingerprint density at radius 2 is 2.06 bits per heavy atom. The molecular formula is C13H18O3. The second kappa shape index (κ2) is 5.54. The molecule has 0 fully saturated rings. The van der Waals surface area contributed by atoms with Gasteiger partial charge in [0.25, 0.3) is 0 Å². The number of methoxy groups -OCH3 is 1. The summed E-state index contributed by atoms with van der Waals surface area (Å²) in [6.07, 6.45) is 0.771. The van der Waals surface area contributed by atoms with Gasteiger partial charge in [0, 0.05) is 0 Å². The van der Waals surface area contributed by atoms with Crippen molar-refractivity contribution in [3.63, 3.8) is 0 Å². The summed E-state index contributed by atoms with van der Waals surface area (Å²) in [6.45, 7) is 5.77. The molecule has 1 unspecified atom stereocenters. The van der Waals surface area contributed by atoms with Crippen molar-refractivity contribution in [1.82, 2.24) is 0 Å². The SMILES string of the molecule is CCC(C)C(=O)Oc1ccc(C)cc1OC. The van der Waals surface area contributed by atoms with E-state index in [1.54, 1.807) is 13.2 Å². The average Bonchev–Trinajstić information content (AvgIpc) is 2.30. The van der Waals surface area contributed by atoms with Gasteiger partial charge in [0.05, 0.1) is 13.0 Å². The lowest BCUT2D eigenvalue weighted by molar-refractivity contribution is -0.138. The minimum absolute atomic E-state index is 0.0917. The van der Waals surface area contributed by atoms with Gasteiger partial charge in [-0.15, -0.1) is 0 Å². The second-order valence-electron chi connectivity index (χ2n) is 3.88. The number of esters is 1. The van der Waals surface area contributed by atoms with E-state index in [1.807, 2.05) is 32.9 Å². The highest BCUT2D eigenvalue weighted by Crippen LogP contribution is 2.28. The maximum absolute atomic E-state index is 11.6. The summed E-state index contributed by atoms with van der Waals surface area (Å²) in [5, 5.41) is 0. The summed E-state index contributed by atoms with van der Waals surface area (Å²) in [7, 11) is 1.56. The number of aryl methyl sites for hydroxylation is 1. The Labute approximate surface area is 96.4 Å².